The molecular weight excluding hydrogens is 192 g/mol. The zero-order valence-electron chi connectivity index (χ0n) is 10.8. The number of allylic oxidation sites excluding steroid dienone is 5. The molecule has 0 aliphatic rings. The largest absolute Gasteiger partial charge is 0.0990 e. The lowest BCUT2D eigenvalue weighted by molar-refractivity contribution is 1.43. The van der Waals surface area contributed by atoms with Crippen LogP contribution in [0, 0.1) is 6.92 Å². The molecule has 0 atom stereocenters. The van der Waals surface area contributed by atoms with Gasteiger partial charge in [0, 0.05) is 0 Å². The van der Waals surface area contributed by atoms with Gasteiger partial charge < -0.3 is 0 Å². The summed E-state index contributed by atoms with van der Waals surface area (Å²) in [4.78, 5) is 0. The summed E-state index contributed by atoms with van der Waals surface area (Å²) >= 11 is 0. The van der Waals surface area contributed by atoms with Gasteiger partial charge in [-0.2, -0.15) is 0 Å². The van der Waals surface area contributed by atoms with Crippen molar-refractivity contribution in [3.8, 4) is 0 Å². The van der Waals surface area contributed by atoms with E-state index in [1.807, 2.05) is 39.0 Å². The minimum atomic E-state index is 1.21. The van der Waals surface area contributed by atoms with Crippen LogP contribution in [-0.2, 0) is 0 Å². The molecule has 86 valence electrons. The van der Waals surface area contributed by atoms with Gasteiger partial charge >= 0.3 is 0 Å². The Balaban J connectivity index is 0.00000106. The van der Waals surface area contributed by atoms with Crippen LogP contribution in [0.25, 0.3) is 5.57 Å². The molecule has 0 unspecified atom stereocenters. The van der Waals surface area contributed by atoms with Crippen LogP contribution in [0.4, 0.5) is 0 Å². The smallest absolute Gasteiger partial charge is 0.0155 e. The maximum atomic E-state index is 3.73. The Morgan fingerprint density at radius 3 is 2.31 bits per heavy atom. The van der Waals surface area contributed by atoms with E-state index < -0.39 is 0 Å². The first kappa shape index (κ1) is 14.4. The van der Waals surface area contributed by atoms with E-state index in [0.29, 0.717) is 0 Å². The Kier molecular flexibility index (Phi) is 7.87. The molecular formula is C16H22. The molecule has 0 aliphatic carbocycles. The molecule has 0 saturated heterocycles. The second kappa shape index (κ2) is 8.72. The first-order valence-electron chi connectivity index (χ1n) is 5.81. The van der Waals surface area contributed by atoms with Crippen molar-refractivity contribution in [2.24, 2.45) is 0 Å². The average molecular weight is 214 g/mol. The molecule has 0 aromatic heterocycles. The number of hydrogen-bond acceptors (Lipinski definition) is 0. The number of benzene rings is 1. The van der Waals surface area contributed by atoms with Gasteiger partial charge in [-0.3, -0.25) is 0 Å². The number of aryl methyl sites for hydroxylation is 1. The van der Waals surface area contributed by atoms with Crippen LogP contribution < -0.4 is 0 Å². The van der Waals surface area contributed by atoms with Crippen molar-refractivity contribution in [3.63, 3.8) is 0 Å². The van der Waals surface area contributed by atoms with Gasteiger partial charge in [-0.25, -0.2) is 0 Å². The van der Waals surface area contributed by atoms with Crippen LogP contribution in [0.5, 0.6) is 0 Å². The average Bonchev–Trinajstić information content (AvgIpc) is 2.32. The summed E-state index contributed by atoms with van der Waals surface area (Å²) in [6.45, 7) is 11.9. The van der Waals surface area contributed by atoms with Gasteiger partial charge in [-0.1, -0.05) is 69.0 Å². The molecule has 0 aliphatic heterocycles. The SMILES string of the molecule is C=C/C=C(\C=C/C)c1ccccc1C.CC. The minimum absolute atomic E-state index is 1.21. The molecule has 0 heterocycles. The monoisotopic (exact) mass is 214 g/mol. The molecule has 0 radical (unpaired) electrons. The van der Waals surface area contributed by atoms with Gasteiger partial charge in [-0.05, 0) is 30.5 Å². The van der Waals surface area contributed by atoms with E-state index in [1.165, 1.54) is 16.7 Å². The van der Waals surface area contributed by atoms with Crippen LogP contribution in [0.2, 0.25) is 0 Å². The van der Waals surface area contributed by atoms with Crippen molar-refractivity contribution in [2.45, 2.75) is 27.7 Å². The fraction of sp³-hybridized carbons (Fsp3) is 0.250. The Hall–Kier alpha value is -1.56. The first-order valence-corrected chi connectivity index (χ1v) is 5.81. The zero-order chi connectivity index (χ0) is 12.4. The maximum Gasteiger partial charge on any atom is -0.0155 e. The van der Waals surface area contributed by atoms with Gasteiger partial charge in [0.25, 0.3) is 0 Å². The van der Waals surface area contributed by atoms with E-state index in [4.69, 9.17) is 0 Å². The molecule has 1 aromatic rings. The van der Waals surface area contributed by atoms with Gasteiger partial charge in [0.1, 0.15) is 0 Å². The predicted octanol–water partition coefficient (Wildman–Crippen LogP) is 5.17. The Morgan fingerprint density at radius 1 is 1.19 bits per heavy atom. The standard InChI is InChI=1S/C14H16.C2H6/c1-4-8-13(9-5-2)14-11-7-6-10-12(14)3;1-2/h4-11H,1H2,2-3H3;1-2H3/b9-5-,13-8+;. The van der Waals surface area contributed by atoms with Crippen molar-refractivity contribution in [3.05, 3.63) is 66.3 Å². The summed E-state index contributed by atoms with van der Waals surface area (Å²) in [6.07, 6.45) is 8.00. The predicted molar refractivity (Wildman–Crippen MR) is 75.5 cm³/mol. The number of rotatable bonds is 3. The van der Waals surface area contributed by atoms with Gasteiger partial charge in [0.05, 0.1) is 0 Å². The molecule has 0 saturated carbocycles. The summed E-state index contributed by atoms with van der Waals surface area (Å²) in [7, 11) is 0. The Labute approximate surface area is 100 Å². The molecule has 0 N–H and O–H groups in total. The van der Waals surface area contributed by atoms with E-state index in [1.54, 1.807) is 0 Å². The fourth-order valence-corrected chi connectivity index (χ4v) is 1.44. The van der Waals surface area contributed by atoms with E-state index >= 15 is 0 Å². The summed E-state index contributed by atoms with van der Waals surface area (Å²) in [5.41, 5.74) is 3.77. The Morgan fingerprint density at radius 2 is 1.81 bits per heavy atom. The molecule has 1 rings (SSSR count). The lowest BCUT2D eigenvalue weighted by Gasteiger charge is -2.05. The second-order valence-electron chi connectivity index (χ2n) is 3.17. The fourth-order valence-electron chi connectivity index (χ4n) is 1.44. The molecule has 0 amide bonds. The van der Waals surface area contributed by atoms with Crippen LogP contribution in [0.1, 0.15) is 31.9 Å². The second-order valence-corrected chi connectivity index (χ2v) is 3.17. The summed E-state index contributed by atoms with van der Waals surface area (Å²) in [5.74, 6) is 0. The van der Waals surface area contributed by atoms with E-state index in [9.17, 15) is 0 Å². The highest BCUT2D eigenvalue weighted by Crippen LogP contribution is 2.19. The third-order valence-electron chi connectivity index (χ3n) is 2.10. The topological polar surface area (TPSA) is 0 Å². The molecule has 0 fully saturated rings. The van der Waals surface area contributed by atoms with Crippen molar-refractivity contribution in [1.29, 1.82) is 0 Å². The summed E-state index contributed by atoms with van der Waals surface area (Å²) in [6, 6.07) is 8.36. The van der Waals surface area contributed by atoms with Crippen molar-refractivity contribution < 1.29 is 0 Å². The van der Waals surface area contributed by atoms with Crippen molar-refractivity contribution >= 4 is 5.57 Å². The van der Waals surface area contributed by atoms with Gasteiger partial charge in [0.15, 0.2) is 0 Å². The highest BCUT2D eigenvalue weighted by Gasteiger charge is 1.99. The molecule has 0 spiro atoms. The lowest BCUT2D eigenvalue weighted by Crippen LogP contribution is -1.85. The third-order valence-corrected chi connectivity index (χ3v) is 2.10. The molecule has 0 nitrogen and oxygen atoms in total. The van der Waals surface area contributed by atoms with Crippen molar-refractivity contribution in [2.75, 3.05) is 0 Å². The highest BCUT2D eigenvalue weighted by molar-refractivity contribution is 5.76. The maximum absolute atomic E-state index is 3.73. The van der Waals surface area contributed by atoms with Crippen molar-refractivity contribution in [1.82, 2.24) is 0 Å². The molecule has 16 heavy (non-hydrogen) atoms. The van der Waals surface area contributed by atoms with E-state index in [2.05, 4.69) is 43.8 Å². The van der Waals surface area contributed by atoms with Crippen LogP contribution in [0.15, 0.2) is 55.1 Å². The minimum Gasteiger partial charge on any atom is -0.0990 e. The molecule has 0 bridgehead atoms. The molecule has 1 aromatic carbocycles. The highest BCUT2D eigenvalue weighted by atomic mass is 14.0. The van der Waals surface area contributed by atoms with E-state index in [0.717, 1.165) is 0 Å². The lowest BCUT2D eigenvalue weighted by atomic mass is 10.00. The first-order chi connectivity index (χ1) is 7.79. The quantitative estimate of drug-likeness (QED) is 0.609. The molecule has 0 heteroatoms. The van der Waals surface area contributed by atoms with Gasteiger partial charge in [-0.15, -0.1) is 0 Å². The third kappa shape index (κ3) is 4.31. The number of hydrogen-bond donors (Lipinski definition) is 0. The Bertz CT molecular complexity index is 367. The van der Waals surface area contributed by atoms with Crippen LogP contribution in [-0.4, -0.2) is 0 Å². The van der Waals surface area contributed by atoms with Crippen LogP contribution >= 0.6 is 0 Å². The van der Waals surface area contributed by atoms with E-state index in [-0.39, 0.29) is 0 Å². The zero-order valence-corrected chi connectivity index (χ0v) is 10.8. The van der Waals surface area contributed by atoms with Gasteiger partial charge in [0.2, 0.25) is 0 Å². The summed E-state index contributed by atoms with van der Waals surface area (Å²) < 4.78 is 0. The normalized spacial score (nSPS) is 10.9. The summed E-state index contributed by atoms with van der Waals surface area (Å²) in [5, 5.41) is 0. The van der Waals surface area contributed by atoms with Crippen LogP contribution in [0.3, 0.4) is 0 Å².